The lowest BCUT2D eigenvalue weighted by Crippen LogP contribution is -2.28. The Morgan fingerprint density at radius 3 is 2.25 bits per heavy atom. The first-order valence-electron chi connectivity index (χ1n) is 9.29. The molecule has 4 N–H and O–H groups in total. The molecule has 2 aromatic carbocycles. The fraction of sp³-hybridized carbons (Fsp3) is 0.227. The lowest BCUT2D eigenvalue weighted by molar-refractivity contribution is 0.103. The zero-order chi connectivity index (χ0) is 24.1. The third kappa shape index (κ3) is 6.84. The van der Waals surface area contributed by atoms with Gasteiger partial charge in [0.1, 0.15) is 22.8 Å². The number of hydrogen-bond acceptors (Lipinski definition) is 7. The molecule has 0 spiro atoms. The average Bonchev–Trinajstić information content (AvgIpc) is 2.69. The standard InChI is InChI=1S/C22H23NO4.H2O4S/c1-22(2)12-11-16-19(25-3)10-7-15(21(16)27-22)18(24)8-5-14-6-9-20(26-4)17(23)13-14;1-5(2,3)4/h5-13H,23H2,1-4H3;(H2,1,2,3,4)/b8-5+;. The molecular formula is C22H25NO8S. The second-order valence-electron chi connectivity index (χ2n) is 7.24. The van der Waals surface area contributed by atoms with E-state index in [-0.39, 0.29) is 5.78 Å². The van der Waals surface area contributed by atoms with Gasteiger partial charge in [0.15, 0.2) is 5.78 Å². The van der Waals surface area contributed by atoms with Crippen molar-refractivity contribution in [2.24, 2.45) is 0 Å². The topological polar surface area (TPSA) is 145 Å². The van der Waals surface area contributed by atoms with Crippen molar-refractivity contribution < 1.29 is 36.5 Å². The van der Waals surface area contributed by atoms with Crippen LogP contribution in [0.25, 0.3) is 12.2 Å². The number of benzene rings is 2. The summed E-state index contributed by atoms with van der Waals surface area (Å²) in [4.78, 5) is 12.8. The van der Waals surface area contributed by atoms with Gasteiger partial charge in [-0.2, -0.15) is 8.42 Å². The van der Waals surface area contributed by atoms with E-state index in [0.29, 0.717) is 28.5 Å². The Morgan fingerprint density at radius 2 is 1.69 bits per heavy atom. The molecule has 1 aliphatic rings. The predicted molar refractivity (Wildman–Crippen MR) is 122 cm³/mol. The normalized spacial score (nSPS) is 14.1. The maximum absolute atomic E-state index is 12.8. The average molecular weight is 464 g/mol. The summed E-state index contributed by atoms with van der Waals surface area (Å²) in [5.74, 6) is 1.64. The molecule has 0 saturated carbocycles. The molecule has 0 radical (unpaired) electrons. The van der Waals surface area contributed by atoms with Crippen LogP contribution in [0.1, 0.15) is 35.3 Å². The van der Waals surface area contributed by atoms with Crippen LogP contribution >= 0.6 is 0 Å². The third-order valence-electron chi connectivity index (χ3n) is 4.34. The number of hydrogen-bond donors (Lipinski definition) is 3. The second-order valence-corrected chi connectivity index (χ2v) is 8.14. The predicted octanol–water partition coefficient (Wildman–Crippen LogP) is 3.71. The molecule has 0 atom stereocenters. The lowest BCUT2D eigenvalue weighted by Gasteiger charge is -2.29. The molecule has 0 bridgehead atoms. The summed E-state index contributed by atoms with van der Waals surface area (Å²) in [6.07, 6.45) is 7.11. The molecule has 0 aliphatic carbocycles. The molecule has 172 valence electrons. The zero-order valence-corrected chi connectivity index (χ0v) is 18.8. The van der Waals surface area contributed by atoms with Crippen molar-refractivity contribution in [3.8, 4) is 17.2 Å². The van der Waals surface area contributed by atoms with Gasteiger partial charge in [-0.1, -0.05) is 12.1 Å². The molecule has 9 nitrogen and oxygen atoms in total. The Hall–Kier alpha value is -3.34. The van der Waals surface area contributed by atoms with Crippen molar-refractivity contribution in [3.05, 3.63) is 59.2 Å². The van der Waals surface area contributed by atoms with E-state index in [1.807, 2.05) is 32.1 Å². The number of ether oxygens (including phenoxy) is 3. The Morgan fingerprint density at radius 1 is 1.09 bits per heavy atom. The van der Waals surface area contributed by atoms with E-state index in [0.717, 1.165) is 11.1 Å². The first-order chi connectivity index (χ1) is 14.8. The molecule has 10 heteroatoms. The Kier molecular flexibility index (Phi) is 7.68. The second kappa shape index (κ2) is 9.86. The highest BCUT2D eigenvalue weighted by Gasteiger charge is 2.27. The van der Waals surface area contributed by atoms with Gasteiger partial charge in [0.25, 0.3) is 0 Å². The molecule has 1 aliphatic heterocycles. The van der Waals surface area contributed by atoms with Crippen LogP contribution in [0.4, 0.5) is 5.69 Å². The van der Waals surface area contributed by atoms with Crippen molar-refractivity contribution in [3.63, 3.8) is 0 Å². The van der Waals surface area contributed by atoms with Crippen LogP contribution in [-0.2, 0) is 10.4 Å². The van der Waals surface area contributed by atoms with Gasteiger partial charge >= 0.3 is 10.4 Å². The number of nitrogen functional groups attached to an aromatic ring is 1. The first kappa shape index (κ1) is 24.9. The number of allylic oxidation sites excluding steroid dienone is 1. The number of anilines is 1. The quantitative estimate of drug-likeness (QED) is 0.261. The van der Waals surface area contributed by atoms with Gasteiger partial charge in [-0.15, -0.1) is 0 Å². The number of ketones is 1. The monoisotopic (exact) mass is 463 g/mol. The largest absolute Gasteiger partial charge is 0.496 e. The fourth-order valence-corrected chi connectivity index (χ4v) is 2.92. The number of methoxy groups -OCH3 is 2. The number of nitrogens with two attached hydrogens (primary N) is 1. The van der Waals surface area contributed by atoms with Crippen molar-refractivity contribution in [2.45, 2.75) is 19.4 Å². The highest BCUT2D eigenvalue weighted by molar-refractivity contribution is 7.79. The summed E-state index contributed by atoms with van der Waals surface area (Å²) >= 11 is 0. The first-order valence-corrected chi connectivity index (χ1v) is 10.7. The van der Waals surface area contributed by atoms with Gasteiger partial charge in [0.05, 0.1) is 31.0 Å². The summed E-state index contributed by atoms with van der Waals surface area (Å²) in [6, 6.07) is 8.86. The maximum Gasteiger partial charge on any atom is 0.394 e. The van der Waals surface area contributed by atoms with Crippen molar-refractivity contribution >= 4 is 34.0 Å². The van der Waals surface area contributed by atoms with Crippen molar-refractivity contribution in [2.75, 3.05) is 20.0 Å². The van der Waals surface area contributed by atoms with Crippen LogP contribution in [0.2, 0.25) is 0 Å². The van der Waals surface area contributed by atoms with E-state index in [4.69, 9.17) is 37.5 Å². The molecule has 0 unspecified atom stereocenters. The smallest absolute Gasteiger partial charge is 0.394 e. The lowest BCUT2D eigenvalue weighted by atomic mass is 9.97. The van der Waals surface area contributed by atoms with E-state index in [9.17, 15) is 4.79 Å². The SMILES string of the molecule is COc1ccc(/C=C/C(=O)c2ccc(OC)c3c2OC(C)(C)C=C3)cc1N.O=S(=O)(O)O. The number of rotatable bonds is 5. The van der Waals surface area contributed by atoms with Crippen LogP contribution < -0.4 is 19.9 Å². The summed E-state index contributed by atoms with van der Waals surface area (Å²) in [5, 5.41) is 0. The van der Waals surface area contributed by atoms with Gasteiger partial charge in [-0.25, -0.2) is 0 Å². The maximum atomic E-state index is 12.8. The number of carbonyl (C=O) groups is 1. The minimum atomic E-state index is -4.67. The van der Waals surface area contributed by atoms with Gasteiger partial charge < -0.3 is 19.9 Å². The molecule has 1 heterocycles. The van der Waals surface area contributed by atoms with Gasteiger partial charge in [0, 0.05) is 0 Å². The summed E-state index contributed by atoms with van der Waals surface area (Å²) in [7, 11) is -1.51. The van der Waals surface area contributed by atoms with E-state index < -0.39 is 16.0 Å². The summed E-state index contributed by atoms with van der Waals surface area (Å²) in [5.41, 5.74) is 8.00. The molecule has 0 saturated heterocycles. The van der Waals surface area contributed by atoms with Crippen LogP contribution in [0.15, 0.2) is 42.5 Å². The minimum absolute atomic E-state index is 0.158. The van der Waals surface area contributed by atoms with Crippen LogP contribution in [0.3, 0.4) is 0 Å². The highest BCUT2D eigenvalue weighted by atomic mass is 32.3. The van der Waals surface area contributed by atoms with E-state index in [2.05, 4.69) is 0 Å². The number of carbonyl (C=O) groups excluding carboxylic acids is 1. The molecule has 3 rings (SSSR count). The van der Waals surface area contributed by atoms with E-state index >= 15 is 0 Å². The molecule has 2 aromatic rings. The Bertz CT molecular complexity index is 1160. The van der Waals surface area contributed by atoms with E-state index in [1.54, 1.807) is 44.6 Å². The van der Waals surface area contributed by atoms with Crippen molar-refractivity contribution in [1.82, 2.24) is 0 Å². The molecule has 0 fully saturated rings. The minimum Gasteiger partial charge on any atom is -0.496 e. The van der Waals surface area contributed by atoms with Crippen LogP contribution in [0, 0.1) is 0 Å². The number of fused-ring (bicyclic) bond motifs is 1. The van der Waals surface area contributed by atoms with E-state index in [1.165, 1.54) is 6.08 Å². The third-order valence-corrected chi connectivity index (χ3v) is 4.34. The Balaban J connectivity index is 0.000000654. The molecule has 32 heavy (non-hydrogen) atoms. The fourth-order valence-electron chi connectivity index (χ4n) is 2.92. The Labute approximate surface area is 186 Å². The molecule has 0 aromatic heterocycles. The summed E-state index contributed by atoms with van der Waals surface area (Å²) < 4.78 is 48.2. The summed E-state index contributed by atoms with van der Waals surface area (Å²) in [6.45, 7) is 3.88. The van der Waals surface area contributed by atoms with Gasteiger partial charge in [-0.05, 0) is 61.9 Å². The van der Waals surface area contributed by atoms with Crippen LogP contribution in [-0.4, -0.2) is 43.1 Å². The van der Waals surface area contributed by atoms with Crippen molar-refractivity contribution in [1.29, 1.82) is 0 Å². The highest BCUT2D eigenvalue weighted by Crippen LogP contribution is 2.40. The molecule has 0 amide bonds. The van der Waals surface area contributed by atoms with Gasteiger partial charge in [0.2, 0.25) is 0 Å². The van der Waals surface area contributed by atoms with Gasteiger partial charge in [-0.3, -0.25) is 13.9 Å². The zero-order valence-electron chi connectivity index (χ0n) is 18.0. The van der Waals surface area contributed by atoms with Crippen LogP contribution in [0.5, 0.6) is 17.2 Å². The molecular weight excluding hydrogens is 438 g/mol.